The summed E-state index contributed by atoms with van der Waals surface area (Å²) in [5.74, 6) is 1.03. The van der Waals surface area contributed by atoms with E-state index in [9.17, 15) is 4.79 Å². The fourth-order valence-electron chi connectivity index (χ4n) is 3.87. The lowest BCUT2D eigenvalue weighted by molar-refractivity contribution is 0.0703. The molecule has 1 saturated carbocycles. The minimum atomic E-state index is 0.128. The van der Waals surface area contributed by atoms with Crippen LogP contribution in [-0.2, 0) is 0 Å². The molecule has 1 aliphatic heterocycles. The van der Waals surface area contributed by atoms with Crippen molar-refractivity contribution >= 4 is 5.91 Å². The largest absolute Gasteiger partial charge is 0.338 e. The predicted molar refractivity (Wildman–Crippen MR) is 103 cm³/mol. The third-order valence-electron chi connectivity index (χ3n) is 5.68. The van der Waals surface area contributed by atoms with Crippen LogP contribution >= 0.6 is 0 Å². The Morgan fingerprint density at radius 3 is 2.46 bits per heavy atom. The molecule has 5 heteroatoms. The second kappa shape index (κ2) is 7.23. The summed E-state index contributed by atoms with van der Waals surface area (Å²) < 4.78 is 1.88. The van der Waals surface area contributed by atoms with Crippen molar-refractivity contribution in [3.05, 3.63) is 47.3 Å². The van der Waals surface area contributed by atoms with Gasteiger partial charge in [-0.3, -0.25) is 4.79 Å². The zero-order chi connectivity index (χ0) is 18.1. The minimum Gasteiger partial charge on any atom is -0.338 e. The average Bonchev–Trinajstić information content (AvgIpc) is 3.45. The van der Waals surface area contributed by atoms with E-state index in [1.807, 2.05) is 53.8 Å². The molecule has 1 saturated heterocycles. The summed E-state index contributed by atoms with van der Waals surface area (Å²) in [6.45, 7) is 6.74. The number of hydrogen-bond donors (Lipinski definition) is 1. The number of carbonyl (C=O) groups excluding carboxylic acids is 1. The van der Waals surface area contributed by atoms with E-state index in [0.29, 0.717) is 6.04 Å². The van der Waals surface area contributed by atoms with Crippen LogP contribution in [0.25, 0.3) is 5.69 Å². The number of para-hydroxylation sites is 1. The van der Waals surface area contributed by atoms with E-state index in [2.05, 4.69) is 10.4 Å². The summed E-state index contributed by atoms with van der Waals surface area (Å²) >= 11 is 0. The van der Waals surface area contributed by atoms with Crippen LogP contribution < -0.4 is 5.32 Å². The van der Waals surface area contributed by atoms with E-state index >= 15 is 0 Å². The molecule has 138 valence electrons. The molecule has 0 atom stereocenters. The molecule has 2 aromatic rings. The molecule has 0 unspecified atom stereocenters. The van der Waals surface area contributed by atoms with Crippen LogP contribution in [-0.4, -0.2) is 46.3 Å². The Balaban J connectivity index is 1.44. The topological polar surface area (TPSA) is 50.2 Å². The fourth-order valence-corrected chi connectivity index (χ4v) is 3.87. The normalized spacial score (nSPS) is 18.3. The van der Waals surface area contributed by atoms with Gasteiger partial charge in [0.1, 0.15) is 0 Å². The van der Waals surface area contributed by atoms with Crippen molar-refractivity contribution in [3.63, 3.8) is 0 Å². The molecule has 2 heterocycles. The van der Waals surface area contributed by atoms with Gasteiger partial charge >= 0.3 is 0 Å². The number of aromatic nitrogens is 2. The van der Waals surface area contributed by atoms with Gasteiger partial charge in [0.05, 0.1) is 22.6 Å². The van der Waals surface area contributed by atoms with Gasteiger partial charge in [-0.2, -0.15) is 5.10 Å². The molecule has 5 nitrogen and oxygen atoms in total. The van der Waals surface area contributed by atoms with Crippen LogP contribution in [0.2, 0.25) is 0 Å². The van der Waals surface area contributed by atoms with Gasteiger partial charge in [0.2, 0.25) is 0 Å². The van der Waals surface area contributed by atoms with Gasteiger partial charge < -0.3 is 10.2 Å². The first-order chi connectivity index (χ1) is 12.6. The van der Waals surface area contributed by atoms with E-state index in [1.54, 1.807) is 0 Å². The van der Waals surface area contributed by atoms with E-state index in [1.165, 1.54) is 12.8 Å². The molecule has 4 rings (SSSR count). The molecule has 2 aliphatic rings. The lowest BCUT2D eigenvalue weighted by atomic mass is 10.0. The smallest absolute Gasteiger partial charge is 0.257 e. The molecular formula is C21H28N4O. The number of nitrogens with zero attached hydrogens (tertiary/aromatic N) is 3. The van der Waals surface area contributed by atoms with E-state index in [0.717, 1.165) is 61.0 Å². The number of piperidine rings is 1. The number of nitrogens with one attached hydrogen (secondary N) is 1. The zero-order valence-electron chi connectivity index (χ0n) is 15.7. The molecule has 0 radical (unpaired) electrons. The first-order valence-electron chi connectivity index (χ1n) is 9.78. The maximum atomic E-state index is 13.1. The van der Waals surface area contributed by atoms with Crippen molar-refractivity contribution in [1.29, 1.82) is 0 Å². The lowest BCUT2D eigenvalue weighted by Gasteiger charge is -2.32. The van der Waals surface area contributed by atoms with Gasteiger partial charge in [-0.15, -0.1) is 0 Å². The molecule has 1 aromatic carbocycles. The average molecular weight is 352 g/mol. The summed E-state index contributed by atoms with van der Waals surface area (Å²) in [6.07, 6.45) is 4.86. The maximum Gasteiger partial charge on any atom is 0.257 e. The summed E-state index contributed by atoms with van der Waals surface area (Å²) in [5.41, 5.74) is 3.49. The molecule has 0 bridgehead atoms. The molecule has 1 N–H and O–H groups in total. The number of aryl methyl sites for hydroxylation is 1. The molecule has 2 fully saturated rings. The van der Waals surface area contributed by atoms with Crippen molar-refractivity contribution < 1.29 is 4.79 Å². The number of carbonyl (C=O) groups is 1. The molecule has 1 amide bonds. The standard InChI is InChI=1S/C21H28N4O/c1-15-20(16(2)25(23-15)19-6-4-3-5-7-19)21(26)24-12-10-18(11-13-24)22-14-17-8-9-17/h3-7,17-18,22H,8-14H2,1-2H3. The van der Waals surface area contributed by atoms with Gasteiger partial charge in [0.25, 0.3) is 5.91 Å². The summed E-state index contributed by atoms with van der Waals surface area (Å²) in [6, 6.07) is 10.6. The number of hydrogen-bond acceptors (Lipinski definition) is 3. The third kappa shape index (κ3) is 3.54. The van der Waals surface area contributed by atoms with Crippen LogP contribution in [0.3, 0.4) is 0 Å². The monoisotopic (exact) mass is 352 g/mol. The summed E-state index contributed by atoms with van der Waals surface area (Å²) in [5, 5.41) is 8.30. The van der Waals surface area contributed by atoms with Gasteiger partial charge in [0.15, 0.2) is 0 Å². The highest BCUT2D eigenvalue weighted by molar-refractivity contribution is 5.96. The third-order valence-corrected chi connectivity index (χ3v) is 5.68. The maximum absolute atomic E-state index is 13.1. The Morgan fingerprint density at radius 2 is 1.81 bits per heavy atom. The van der Waals surface area contributed by atoms with Crippen molar-refractivity contribution in [3.8, 4) is 5.69 Å². The van der Waals surface area contributed by atoms with Crippen molar-refractivity contribution in [2.75, 3.05) is 19.6 Å². The van der Waals surface area contributed by atoms with E-state index < -0.39 is 0 Å². The minimum absolute atomic E-state index is 0.128. The Labute approximate surface area is 155 Å². The summed E-state index contributed by atoms with van der Waals surface area (Å²) in [4.78, 5) is 15.1. The van der Waals surface area contributed by atoms with Crippen LogP contribution in [0.4, 0.5) is 0 Å². The second-order valence-corrected chi connectivity index (χ2v) is 7.71. The molecule has 1 aromatic heterocycles. The highest BCUT2D eigenvalue weighted by atomic mass is 16.2. The van der Waals surface area contributed by atoms with Crippen molar-refractivity contribution in [2.24, 2.45) is 5.92 Å². The van der Waals surface area contributed by atoms with Crippen LogP contribution in [0.5, 0.6) is 0 Å². The second-order valence-electron chi connectivity index (χ2n) is 7.71. The Hall–Kier alpha value is -2.14. The fraction of sp³-hybridized carbons (Fsp3) is 0.524. The summed E-state index contributed by atoms with van der Waals surface area (Å²) in [7, 11) is 0. The number of rotatable bonds is 5. The van der Waals surface area contributed by atoms with Crippen LogP contribution in [0, 0.1) is 19.8 Å². The van der Waals surface area contributed by atoms with Crippen molar-refractivity contribution in [2.45, 2.75) is 45.6 Å². The Kier molecular flexibility index (Phi) is 4.81. The lowest BCUT2D eigenvalue weighted by Crippen LogP contribution is -2.45. The first-order valence-corrected chi connectivity index (χ1v) is 9.78. The van der Waals surface area contributed by atoms with Gasteiger partial charge in [-0.05, 0) is 64.1 Å². The van der Waals surface area contributed by atoms with Gasteiger partial charge in [0, 0.05) is 19.1 Å². The van der Waals surface area contributed by atoms with Crippen LogP contribution in [0.15, 0.2) is 30.3 Å². The Morgan fingerprint density at radius 1 is 1.12 bits per heavy atom. The highest BCUT2D eigenvalue weighted by Gasteiger charge is 2.29. The molecular weight excluding hydrogens is 324 g/mol. The van der Waals surface area contributed by atoms with Gasteiger partial charge in [-0.25, -0.2) is 4.68 Å². The quantitative estimate of drug-likeness (QED) is 0.900. The number of benzene rings is 1. The van der Waals surface area contributed by atoms with Gasteiger partial charge in [-0.1, -0.05) is 18.2 Å². The van der Waals surface area contributed by atoms with Crippen LogP contribution in [0.1, 0.15) is 47.4 Å². The van der Waals surface area contributed by atoms with Crippen molar-refractivity contribution in [1.82, 2.24) is 20.0 Å². The first kappa shape index (κ1) is 17.3. The predicted octanol–water partition coefficient (Wildman–Crippen LogP) is 3.09. The molecule has 26 heavy (non-hydrogen) atoms. The SMILES string of the molecule is Cc1nn(-c2ccccc2)c(C)c1C(=O)N1CCC(NCC2CC2)CC1. The highest BCUT2D eigenvalue weighted by Crippen LogP contribution is 2.28. The number of likely N-dealkylation sites (tertiary alicyclic amines) is 1. The van der Waals surface area contributed by atoms with E-state index in [4.69, 9.17) is 0 Å². The van der Waals surface area contributed by atoms with E-state index in [-0.39, 0.29) is 5.91 Å². The molecule has 1 aliphatic carbocycles. The number of amides is 1. The molecule has 0 spiro atoms. The zero-order valence-corrected chi connectivity index (χ0v) is 15.7. The Bertz CT molecular complexity index is 771.